The van der Waals surface area contributed by atoms with Gasteiger partial charge in [0.2, 0.25) is 0 Å². The number of hydrogen-bond donors (Lipinski definition) is 2. The normalized spacial score (nSPS) is 23.5. The first-order chi connectivity index (χ1) is 18.1. The summed E-state index contributed by atoms with van der Waals surface area (Å²) in [5.74, 6) is 0.958. The Balaban J connectivity index is 1.14. The fraction of sp³-hybridized carbons (Fsp3) is 0.621. The van der Waals surface area contributed by atoms with Crippen molar-refractivity contribution in [3.63, 3.8) is 0 Å². The van der Waals surface area contributed by atoms with Crippen LogP contribution < -0.4 is 5.32 Å². The van der Waals surface area contributed by atoms with Crippen molar-refractivity contribution in [2.45, 2.75) is 69.3 Å². The number of fused-ring (bicyclic) bond motifs is 1. The quantitative estimate of drug-likeness (QED) is 0.345. The second kappa shape index (κ2) is 12.6. The Morgan fingerprint density at radius 3 is 3.00 bits per heavy atom. The molecule has 0 spiro atoms. The first-order valence-electron chi connectivity index (χ1n) is 13.8. The second-order valence-electron chi connectivity index (χ2n) is 10.5. The molecule has 8 heteroatoms. The molecule has 7 nitrogen and oxygen atoms in total. The molecule has 5 rings (SSSR count). The molecular weight excluding hydrogens is 473 g/mol. The summed E-state index contributed by atoms with van der Waals surface area (Å²) in [7, 11) is 1.49. The third-order valence-electron chi connectivity index (χ3n) is 7.95. The van der Waals surface area contributed by atoms with E-state index in [0.717, 1.165) is 74.3 Å². The van der Waals surface area contributed by atoms with Crippen LogP contribution in [0.2, 0.25) is 0 Å². The largest absolute Gasteiger partial charge is 0.381 e. The van der Waals surface area contributed by atoms with Crippen LogP contribution in [0, 0.1) is 5.82 Å². The Morgan fingerprint density at radius 2 is 2.16 bits per heavy atom. The summed E-state index contributed by atoms with van der Waals surface area (Å²) in [5, 5.41) is 14.2. The van der Waals surface area contributed by atoms with Crippen molar-refractivity contribution < 1.29 is 23.7 Å². The third-order valence-corrected chi connectivity index (χ3v) is 7.95. The predicted octanol–water partition coefficient (Wildman–Crippen LogP) is 4.20. The topological polar surface area (TPSA) is 76.1 Å². The summed E-state index contributed by atoms with van der Waals surface area (Å²) in [6.07, 6.45) is 6.05. The van der Waals surface area contributed by atoms with Crippen LogP contribution in [0.25, 0.3) is 0 Å². The number of nitrogens with zero attached hydrogens (tertiary/aromatic N) is 2. The van der Waals surface area contributed by atoms with Crippen LogP contribution in [-0.4, -0.2) is 73.9 Å². The Bertz CT molecular complexity index is 1030. The number of aliphatic hydroxyl groups is 1. The second-order valence-corrected chi connectivity index (χ2v) is 10.5. The van der Waals surface area contributed by atoms with Crippen molar-refractivity contribution in [2.24, 2.45) is 0 Å². The van der Waals surface area contributed by atoms with Gasteiger partial charge in [0, 0.05) is 51.6 Å². The Hall–Kier alpha value is -2.10. The molecule has 37 heavy (non-hydrogen) atoms. The Labute approximate surface area is 219 Å². The number of rotatable bonds is 11. The van der Waals surface area contributed by atoms with Gasteiger partial charge in [0.1, 0.15) is 11.6 Å². The zero-order valence-corrected chi connectivity index (χ0v) is 21.8. The summed E-state index contributed by atoms with van der Waals surface area (Å²) in [5.41, 5.74) is 4.28. The molecule has 0 amide bonds. The molecule has 2 saturated heterocycles. The van der Waals surface area contributed by atoms with Gasteiger partial charge < -0.3 is 24.6 Å². The maximum Gasteiger partial charge on any atom is 0.174 e. The zero-order chi connectivity index (χ0) is 25.6. The van der Waals surface area contributed by atoms with E-state index < -0.39 is 12.3 Å². The van der Waals surface area contributed by atoms with Crippen LogP contribution >= 0.6 is 0 Å². The van der Waals surface area contributed by atoms with Gasteiger partial charge in [0.05, 0.1) is 18.8 Å². The fourth-order valence-corrected chi connectivity index (χ4v) is 5.92. The fourth-order valence-electron chi connectivity index (χ4n) is 5.92. The van der Waals surface area contributed by atoms with Gasteiger partial charge >= 0.3 is 0 Å². The van der Waals surface area contributed by atoms with Crippen LogP contribution in [0.15, 0.2) is 30.3 Å². The van der Waals surface area contributed by atoms with Gasteiger partial charge in [-0.3, -0.25) is 4.90 Å². The lowest BCUT2D eigenvalue weighted by atomic mass is 9.89. The highest BCUT2D eigenvalue weighted by molar-refractivity contribution is 5.47. The molecule has 2 aromatic rings. The molecule has 0 radical (unpaired) electrons. The van der Waals surface area contributed by atoms with Gasteiger partial charge in [-0.2, -0.15) is 0 Å². The van der Waals surface area contributed by atoms with E-state index in [2.05, 4.69) is 22.3 Å². The Kier molecular flexibility index (Phi) is 9.05. The van der Waals surface area contributed by atoms with E-state index in [0.29, 0.717) is 26.4 Å². The highest BCUT2D eigenvalue weighted by Gasteiger charge is 2.37. The summed E-state index contributed by atoms with van der Waals surface area (Å²) in [6.45, 7) is 4.48. The molecule has 3 aliphatic heterocycles. The van der Waals surface area contributed by atoms with Crippen molar-refractivity contribution >= 4 is 5.82 Å². The molecule has 3 aliphatic rings. The maximum absolute atomic E-state index is 14.4. The number of methoxy groups -OCH3 is 1. The van der Waals surface area contributed by atoms with E-state index in [1.54, 1.807) is 6.07 Å². The lowest BCUT2D eigenvalue weighted by Crippen LogP contribution is -2.37. The summed E-state index contributed by atoms with van der Waals surface area (Å²) in [4.78, 5) is 6.96. The molecule has 0 aliphatic carbocycles. The Morgan fingerprint density at radius 1 is 1.24 bits per heavy atom. The molecule has 0 saturated carbocycles. The van der Waals surface area contributed by atoms with E-state index in [9.17, 15) is 9.50 Å². The van der Waals surface area contributed by atoms with Crippen LogP contribution in [0.1, 0.15) is 66.4 Å². The van der Waals surface area contributed by atoms with Gasteiger partial charge in [-0.1, -0.05) is 12.1 Å². The SMILES string of the molecule is COC(O)C(c1cc(F)ccc1C1CCOC1)N1CC[C@@H](OCCCCc2ccc3c(n2)NCCC3)C1. The molecule has 4 atom stereocenters. The number of hydrogen-bond acceptors (Lipinski definition) is 7. The molecule has 2 fully saturated rings. The van der Waals surface area contributed by atoms with E-state index >= 15 is 0 Å². The highest BCUT2D eigenvalue weighted by atomic mass is 19.1. The smallest absolute Gasteiger partial charge is 0.174 e. The number of ether oxygens (including phenoxy) is 3. The van der Waals surface area contributed by atoms with Crippen molar-refractivity contribution in [2.75, 3.05) is 51.9 Å². The molecular formula is C29H40FN3O4. The van der Waals surface area contributed by atoms with Crippen LogP contribution in [-0.2, 0) is 27.1 Å². The van der Waals surface area contributed by atoms with E-state index in [-0.39, 0.29) is 17.8 Å². The molecule has 3 unspecified atom stereocenters. The summed E-state index contributed by atoms with van der Waals surface area (Å²) < 4.78 is 31.6. The summed E-state index contributed by atoms with van der Waals surface area (Å²) >= 11 is 0. The van der Waals surface area contributed by atoms with E-state index in [1.165, 1.54) is 25.2 Å². The minimum atomic E-state index is -1.06. The van der Waals surface area contributed by atoms with E-state index in [4.69, 9.17) is 19.2 Å². The first-order valence-corrected chi connectivity index (χ1v) is 13.8. The van der Waals surface area contributed by atoms with Crippen molar-refractivity contribution in [1.82, 2.24) is 9.88 Å². The average molecular weight is 514 g/mol. The monoisotopic (exact) mass is 513 g/mol. The number of aromatic nitrogens is 1. The highest BCUT2D eigenvalue weighted by Crippen LogP contribution is 2.37. The number of likely N-dealkylation sites (tertiary alicyclic amines) is 1. The average Bonchev–Trinajstić information content (AvgIpc) is 3.62. The molecule has 4 heterocycles. The lowest BCUT2D eigenvalue weighted by Gasteiger charge is -2.33. The van der Waals surface area contributed by atoms with Crippen LogP contribution in [0.3, 0.4) is 0 Å². The van der Waals surface area contributed by atoms with Gasteiger partial charge in [0.25, 0.3) is 0 Å². The van der Waals surface area contributed by atoms with Gasteiger partial charge in [0.15, 0.2) is 6.29 Å². The molecule has 1 aromatic heterocycles. The third kappa shape index (κ3) is 6.49. The zero-order valence-electron chi connectivity index (χ0n) is 21.8. The molecule has 1 aromatic carbocycles. The van der Waals surface area contributed by atoms with Gasteiger partial charge in [-0.25, -0.2) is 9.37 Å². The molecule has 202 valence electrons. The predicted molar refractivity (Wildman–Crippen MR) is 140 cm³/mol. The number of aryl methyl sites for hydroxylation is 2. The van der Waals surface area contributed by atoms with E-state index in [1.807, 2.05) is 6.07 Å². The van der Waals surface area contributed by atoms with Crippen LogP contribution in [0.5, 0.6) is 0 Å². The lowest BCUT2D eigenvalue weighted by molar-refractivity contribution is -0.125. The standard InChI is InChI=1S/C29H40FN3O4/c1-35-29(34)27(26-17-22(30)8-10-25(26)21-12-16-36-19-21)33-14-11-24(18-33)37-15-3-2-6-23-9-7-20-5-4-13-31-28(20)32-23/h7-10,17,21,24,27,29,34H,2-6,11-16,18-19H2,1H3,(H,31,32)/t21?,24-,27?,29?/m1/s1. The number of halogens is 1. The van der Waals surface area contributed by atoms with Crippen molar-refractivity contribution in [3.8, 4) is 0 Å². The molecule has 0 bridgehead atoms. The first kappa shape index (κ1) is 26.5. The number of unbranched alkanes of at least 4 members (excludes halogenated alkanes) is 1. The maximum atomic E-state index is 14.4. The minimum Gasteiger partial charge on any atom is -0.381 e. The van der Waals surface area contributed by atoms with Crippen molar-refractivity contribution in [1.29, 1.82) is 0 Å². The van der Waals surface area contributed by atoms with Gasteiger partial charge in [-0.05, 0) is 79.8 Å². The summed E-state index contributed by atoms with van der Waals surface area (Å²) in [6, 6.07) is 8.81. The minimum absolute atomic E-state index is 0.0875. The number of aliphatic hydroxyl groups excluding tert-OH is 1. The van der Waals surface area contributed by atoms with Crippen molar-refractivity contribution in [3.05, 3.63) is 58.5 Å². The van der Waals surface area contributed by atoms with Crippen LogP contribution in [0.4, 0.5) is 10.2 Å². The number of benzene rings is 1. The molecule has 2 N–H and O–H groups in total. The number of nitrogens with one attached hydrogen (secondary N) is 1. The number of anilines is 1. The number of pyridine rings is 1. The van der Waals surface area contributed by atoms with Gasteiger partial charge in [-0.15, -0.1) is 0 Å².